The van der Waals surface area contributed by atoms with Gasteiger partial charge in [-0.05, 0) is 26.0 Å². The van der Waals surface area contributed by atoms with Crippen molar-refractivity contribution in [3.05, 3.63) is 23.7 Å². The van der Waals surface area contributed by atoms with Crippen molar-refractivity contribution in [2.24, 2.45) is 0 Å². The van der Waals surface area contributed by atoms with Gasteiger partial charge >= 0.3 is 6.01 Å². The number of nitrogens with zero attached hydrogens (tertiary/aromatic N) is 3. The van der Waals surface area contributed by atoms with Gasteiger partial charge in [0.1, 0.15) is 11.5 Å². The molecule has 0 aliphatic rings. The Bertz CT molecular complexity index is 526. The molecule has 0 saturated heterocycles. The lowest BCUT2D eigenvalue weighted by Gasteiger charge is -2.05. The molecule has 7 nitrogen and oxygen atoms in total. The number of anilines is 2. The van der Waals surface area contributed by atoms with Gasteiger partial charge in [-0.3, -0.25) is 0 Å². The van der Waals surface area contributed by atoms with E-state index in [4.69, 9.17) is 14.9 Å². The second-order valence-electron chi connectivity index (χ2n) is 3.60. The number of nitrogens with one attached hydrogen (secondary N) is 1. The number of nitrogens with two attached hydrogens (primary N) is 1. The van der Waals surface area contributed by atoms with Crippen LogP contribution < -0.4 is 15.8 Å². The number of furan rings is 1. The van der Waals surface area contributed by atoms with Gasteiger partial charge in [0.05, 0.1) is 13.2 Å². The predicted octanol–water partition coefficient (Wildman–Crippen LogP) is 1.37. The van der Waals surface area contributed by atoms with Crippen LogP contribution in [0.2, 0.25) is 0 Å². The number of hydrogen-bond acceptors (Lipinski definition) is 7. The first-order valence-corrected chi connectivity index (χ1v) is 5.61. The van der Waals surface area contributed by atoms with E-state index in [2.05, 4.69) is 20.3 Å². The molecule has 0 bridgehead atoms. The maximum absolute atomic E-state index is 5.56. The van der Waals surface area contributed by atoms with Crippen LogP contribution in [0.25, 0.3) is 0 Å². The van der Waals surface area contributed by atoms with E-state index in [0.717, 1.165) is 11.5 Å². The van der Waals surface area contributed by atoms with Gasteiger partial charge in [-0.1, -0.05) is 0 Å². The summed E-state index contributed by atoms with van der Waals surface area (Å²) in [6.07, 6.45) is 0. The molecule has 0 spiro atoms. The lowest BCUT2D eigenvalue weighted by molar-refractivity contribution is 0.312. The Kier molecular flexibility index (Phi) is 3.61. The lowest BCUT2D eigenvalue weighted by Crippen LogP contribution is -2.08. The van der Waals surface area contributed by atoms with Crippen LogP contribution in [-0.2, 0) is 6.54 Å². The molecule has 96 valence electrons. The summed E-state index contributed by atoms with van der Waals surface area (Å²) in [4.78, 5) is 11.9. The van der Waals surface area contributed by atoms with E-state index in [0.29, 0.717) is 19.1 Å². The van der Waals surface area contributed by atoms with Gasteiger partial charge in [0, 0.05) is 0 Å². The fourth-order valence-corrected chi connectivity index (χ4v) is 1.39. The minimum absolute atomic E-state index is 0.117. The molecule has 0 atom stereocenters. The van der Waals surface area contributed by atoms with Crippen LogP contribution in [0.15, 0.2) is 16.5 Å². The summed E-state index contributed by atoms with van der Waals surface area (Å²) < 4.78 is 10.6. The maximum Gasteiger partial charge on any atom is 0.323 e. The van der Waals surface area contributed by atoms with Crippen molar-refractivity contribution >= 4 is 11.9 Å². The Labute approximate surface area is 104 Å². The van der Waals surface area contributed by atoms with Gasteiger partial charge < -0.3 is 20.2 Å². The molecule has 2 rings (SSSR count). The number of nitrogen functional groups attached to an aromatic ring is 1. The number of aryl methyl sites for hydroxylation is 1. The van der Waals surface area contributed by atoms with Crippen molar-refractivity contribution in [1.82, 2.24) is 15.0 Å². The highest BCUT2D eigenvalue weighted by molar-refractivity contribution is 5.32. The Morgan fingerprint density at radius 3 is 2.83 bits per heavy atom. The van der Waals surface area contributed by atoms with Gasteiger partial charge in [-0.15, -0.1) is 0 Å². The van der Waals surface area contributed by atoms with E-state index < -0.39 is 0 Å². The van der Waals surface area contributed by atoms with Crippen molar-refractivity contribution in [3.8, 4) is 6.01 Å². The monoisotopic (exact) mass is 249 g/mol. The molecule has 0 aliphatic carbocycles. The van der Waals surface area contributed by atoms with Gasteiger partial charge in [0.2, 0.25) is 11.9 Å². The molecular formula is C11H15N5O2. The van der Waals surface area contributed by atoms with Crippen molar-refractivity contribution in [2.45, 2.75) is 20.4 Å². The average Bonchev–Trinajstić information content (AvgIpc) is 2.72. The summed E-state index contributed by atoms with van der Waals surface area (Å²) in [5.74, 6) is 2.13. The normalized spacial score (nSPS) is 10.3. The lowest BCUT2D eigenvalue weighted by atomic mass is 10.4. The quantitative estimate of drug-likeness (QED) is 0.825. The molecule has 0 aromatic carbocycles. The number of aromatic nitrogens is 3. The topological polar surface area (TPSA) is 99.1 Å². The fourth-order valence-electron chi connectivity index (χ4n) is 1.39. The first-order valence-electron chi connectivity index (χ1n) is 5.61. The molecule has 2 aromatic heterocycles. The SMILES string of the molecule is CCOc1nc(N)nc(NCc2ccc(C)o2)n1. The van der Waals surface area contributed by atoms with Crippen molar-refractivity contribution in [1.29, 1.82) is 0 Å². The highest BCUT2D eigenvalue weighted by atomic mass is 16.5. The van der Waals surface area contributed by atoms with Gasteiger partial charge in [-0.25, -0.2) is 0 Å². The highest BCUT2D eigenvalue weighted by Crippen LogP contribution is 2.11. The Balaban J connectivity index is 2.04. The first kappa shape index (κ1) is 12.2. The maximum atomic E-state index is 5.56. The summed E-state index contributed by atoms with van der Waals surface area (Å²) in [6.45, 7) is 4.68. The average molecular weight is 249 g/mol. The third-order valence-electron chi connectivity index (χ3n) is 2.12. The Morgan fingerprint density at radius 1 is 1.33 bits per heavy atom. The Morgan fingerprint density at radius 2 is 2.17 bits per heavy atom. The second-order valence-corrected chi connectivity index (χ2v) is 3.60. The summed E-state index contributed by atoms with van der Waals surface area (Å²) in [5.41, 5.74) is 5.56. The van der Waals surface area contributed by atoms with Crippen LogP contribution in [0.4, 0.5) is 11.9 Å². The predicted molar refractivity (Wildman–Crippen MR) is 66.2 cm³/mol. The minimum Gasteiger partial charge on any atom is -0.465 e. The molecule has 18 heavy (non-hydrogen) atoms. The molecule has 0 aliphatic heterocycles. The number of hydrogen-bond donors (Lipinski definition) is 2. The second kappa shape index (κ2) is 5.35. The van der Waals surface area contributed by atoms with Crippen LogP contribution in [0, 0.1) is 6.92 Å². The molecule has 2 heterocycles. The minimum atomic E-state index is 0.117. The zero-order chi connectivity index (χ0) is 13.0. The first-order chi connectivity index (χ1) is 8.67. The molecule has 0 unspecified atom stereocenters. The van der Waals surface area contributed by atoms with Crippen molar-refractivity contribution in [2.75, 3.05) is 17.7 Å². The van der Waals surface area contributed by atoms with Crippen LogP contribution in [-0.4, -0.2) is 21.6 Å². The summed E-state index contributed by atoms with van der Waals surface area (Å²) in [7, 11) is 0. The van der Waals surface area contributed by atoms with E-state index in [-0.39, 0.29) is 12.0 Å². The molecule has 0 amide bonds. The largest absolute Gasteiger partial charge is 0.465 e. The van der Waals surface area contributed by atoms with E-state index >= 15 is 0 Å². The fraction of sp³-hybridized carbons (Fsp3) is 0.364. The molecule has 3 N–H and O–H groups in total. The van der Waals surface area contributed by atoms with Crippen LogP contribution in [0.1, 0.15) is 18.4 Å². The van der Waals surface area contributed by atoms with Gasteiger partial charge in [0.25, 0.3) is 0 Å². The highest BCUT2D eigenvalue weighted by Gasteiger charge is 2.05. The summed E-state index contributed by atoms with van der Waals surface area (Å²) >= 11 is 0. The summed E-state index contributed by atoms with van der Waals surface area (Å²) in [5, 5.41) is 3.00. The molecular weight excluding hydrogens is 234 g/mol. The van der Waals surface area contributed by atoms with E-state index in [1.165, 1.54) is 0 Å². The molecule has 2 aromatic rings. The molecule has 0 saturated carbocycles. The van der Waals surface area contributed by atoms with Crippen LogP contribution in [0.5, 0.6) is 6.01 Å². The smallest absolute Gasteiger partial charge is 0.323 e. The number of rotatable bonds is 5. The Hall–Kier alpha value is -2.31. The standard InChI is InChI=1S/C11H15N5O2/c1-3-17-11-15-9(12)14-10(16-11)13-6-8-5-4-7(2)18-8/h4-5H,3,6H2,1-2H3,(H3,12,13,14,15,16). The third kappa shape index (κ3) is 3.09. The molecule has 0 radical (unpaired) electrons. The third-order valence-corrected chi connectivity index (χ3v) is 2.12. The molecule has 7 heteroatoms. The van der Waals surface area contributed by atoms with Crippen molar-refractivity contribution in [3.63, 3.8) is 0 Å². The zero-order valence-electron chi connectivity index (χ0n) is 10.3. The van der Waals surface area contributed by atoms with E-state index in [1.807, 2.05) is 26.0 Å². The van der Waals surface area contributed by atoms with Gasteiger partial charge in [0.15, 0.2) is 0 Å². The van der Waals surface area contributed by atoms with Crippen LogP contribution >= 0.6 is 0 Å². The summed E-state index contributed by atoms with van der Waals surface area (Å²) in [6, 6.07) is 3.99. The van der Waals surface area contributed by atoms with Crippen molar-refractivity contribution < 1.29 is 9.15 Å². The van der Waals surface area contributed by atoms with E-state index in [9.17, 15) is 0 Å². The number of ether oxygens (including phenoxy) is 1. The zero-order valence-corrected chi connectivity index (χ0v) is 10.3. The van der Waals surface area contributed by atoms with Crippen LogP contribution in [0.3, 0.4) is 0 Å². The molecule has 0 fully saturated rings. The van der Waals surface area contributed by atoms with E-state index in [1.54, 1.807) is 0 Å². The van der Waals surface area contributed by atoms with Gasteiger partial charge in [-0.2, -0.15) is 15.0 Å².